The third kappa shape index (κ3) is 4.21. The number of ether oxygens (including phenoxy) is 1. The molecule has 0 aliphatic heterocycles. The minimum atomic E-state index is -0.444. The first kappa shape index (κ1) is 21.2. The zero-order valence-corrected chi connectivity index (χ0v) is 18.2. The van der Waals surface area contributed by atoms with Crippen LogP contribution in [0.3, 0.4) is 0 Å². The third-order valence-electron chi connectivity index (χ3n) is 4.85. The van der Waals surface area contributed by atoms with Crippen LogP contribution >= 0.6 is 11.3 Å². The van der Waals surface area contributed by atoms with E-state index in [-0.39, 0.29) is 11.6 Å². The van der Waals surface area contributed by atoms with E-state index in [1.807, 2.05) is 42.6 Å². The molecular formula is C24H19N3O4S. The Hall–Kier alpha value is -4.04. The summed E-state index contributed by atoms with van der Waals surface area (Å²) in [5.74, 6) is 0.309. The lowest BCUT2D eigenvalue weighted by atomic mass is 10.1. The van der Waals surface area contributed by atoms with Crippen LogP contribution in [0.5, 0.6) is 5.75 Å². The van der Waals surface area contributed by atoms with E-state index in [9.17, 15) is 14.9 Å². The van der Waals surface area contributed by atoms with E-state index in [2.05, 4.69) is 4.98 Å². The molecule has 0 aliphatic carbocycles. The number of aryl methyl sites for hydroxylation is 1. The molecule has 0 bridgehead atoms. The number of nitrogens with zero attached hydrogens (tertiary/aromatic N) is 3. The minimum absolute atomic E-state index is 0.00877. The summed E-state index contributed by atoms with van der Waals surface area (Å²) < 4.78 is 5.50. The van der Waals surface area contributed by atoms with Crippen LogP contribution in [0.1, 0.15) is 15.9 Å². The second-order valence-corrected chi connectivity index (χ2v) is 7.84. The van der Waals surface area contributed by atoms with E-state index in [0.29, 0.717) is 27.8 Å². The van der Waals surface area contributed by atoms with Crippen molar-refractivity contribution in [3.8, 4) is 17.0 Å². The first-order chi connectivity index (χ1) is 15.5. The lowest BCUT2D eigenvalue weighted by Gasteiger charge is -2.22. The number of rotatable bonds is 6. The lowest BCUT2D eigenvalue weighted by molar-refractivity contribution is -0.384. The highest BCUT2D eigenvalue weighted by Gasteiger charge is 2.26. The number of para-hydroxylation sites is 2. The van der Waals surface area contributed by atoms with Gasteiger partial charge in [-0.25, -0.2) is 9.88 Å². The molecule has 0 radical (unpaired) electrons. The number of nitro groups is 1. The van der Waals surface area contributed by atoms with Crippen molar-refractivity contribution < 1.29 is 14.5 Å². The standard InChI is InChI=1S/C24H19N3O4S/c1-16-6-5-7-18(14-16)23(28)26(21-8-3-4-9-22(21)31-2)24-25-20(15-32-24)17-10-12-19(13-11-17)27(29)30/h3-15H,1-2H3. The van der Waals surface area contributed by atoms with E-state index in [1.165, 1.54) is 28.4 Å². The Morgan fingerprint density at radius 1 is 1.06 bits per heavy atom. The average molecular weight is 446 g/mol. The molecule has 0 aliphatic rings. The second kappa shape index (κ2) is 8.99. The molecule has 1 heterocycles. The fourth-order valence-electron chi connectivity index (χ4n) is 3.27. The SMILES string of the molecule is COc1ccccc1N(C(=O)c1cccc(C)c1)c1nc(-c2ccc([N+](=O)[O-])cc2)cs1. The van der Waals surface area contributed by atoms with E-state index in [0.717, 1.165) is 11.1 Å². The summed E-state index contributed by atoms with van der Waals surface area (Å²) in [5, 5.41) is 13.2. The predicted molar refractivity (Wildman–Crippen MR) is 125 cm³/mol. The molecule has 0 saturated heterocycles. The predicted octanol–water partition coefficient (Wildman–Crippen LogP) is 6.01. The van der Waals surface area contributed by atoms with E-state index >= 15 is 0 Å². The molecule has 32 heavy (non-hydrogen) atoms. The number of thiazole rings is 1. The molecule has 0 fully saturated rings. The van der Waals surface area contributed by atoms with Crippen LogP contribution in [0, 0.1) is 17.0 Å². The molecule has 0 atom stereocenters. The maximum Gasteiger partial charge on any atom is 0.269 e. The second-order valence-electron chi connectivity index (χ2n) is 7.00. The Morgan fingerprint density at radius 3 is 2.50 bits per heavy atom. The summed E-state index contributed by atoms with van der Waals surface area (Å²) in [6, 6.07) is 20.8. The lowest BCUT2D eigenvalue weighted by Crippen LogP contribution is -2.26. The molecule has 0 saturated carbocycles. The van der Waals surface area contributed by atoms with Crippen LogP contribution < -0.4 is 9.64 Å². The van der Waals surface area contributed by atoms with Gasteiger partial charge in [0.25, 0.3) is 11.6 Å². The highest BCUT2D eigenvalue weighted by molar-refractivity contribution is 7.14. The molecule has 0 spiro atoms. The summed E-state index contributed by atoms with van der Waals surface area (Å²) in [6.07, 6.45) is 0. The molecule has 8 heteroatoms. The van der Waals surface area contributed by atoms with Crippen molar-refractivity contribution in [1.29, 1.82) is 0 Å². The number of non-ortho nitro benzene ring substituents is 1. The van der Waals surface area contributed by atoms with Crippen molar-refractivity contribution in [2.45, 2.75) is 6.92 Å². The van der Waals surface area contributed by atoms with Crippen molar-refractivity contribution >= 4 is 33.8 Å². The molecular weight excluding hydrogens is 426 g/mol. The van der Waals surface area contributed by atoms with Gasteiger partial charge in [0, 0.05) is 28.6 Å². The molecule has 160 valence electrons. The van der Waals surface area contributed by atoms with E-state index < -0.39 is 4.92 Å². The molecule has 7 nitrogen and oxygen atoms in total. The van der Waals surface area contributed by atoms with Gasteiger partial charge in [0.1, 0.15) is 5.75 Å². The van der Waals surface area contributed by atoms with Gasteiger partial charge >= 0.3 is 0 Å². The van der Waals surface area contributed by atoms with Crippen molar-refractivity contribution in [3.05, 3.63) is 99.4 Å². The number of aromatic nitrogens is 1. The van der Waals surface area contributed by atoms with Crippen LogP contribution in [0.15, 0.2) is 78.2 Å². The quantitative estimate of drug-likeness (QED) is 0.268. The summed E-state index contributed by atoms with van der Waals surface area (Å²) in [7, 11) is 1.55. The van der Waals surface area contributed by atoms with Gasteiger partial charge in [0.15, 0.2) is 5.13 Å². The van der Waals surface area contributed by atoms with Crippen molar-refractivity contribution in [2.75, 3.05) is 12.0 Å². The molecule has 1 amide bonds. The Bertz CT molecular complexity index is 1280. The number of carbonyl (C=O) groups excluding carboxylic acids is 1. The van der Waals surface area contributed by atoms with Gasteiger partial charge in [-0.3, -0.25) is 14.9 Å². The zero-order chi connectivity index (χ0) is 22.7. The smallest absolute Gasteiger partial charge is 0.269 e. The van der Waals surface area contributed by atoms with Crippen LogP contribution in [-0.2, 0) is 0 Å². The fraction of sp³-hybridized carbons (Fsp3) is 0.0833. The number of hydrogen-bond donors (Lipinski definition) is 0. The summed E-state index contributed by atoms with van der Waals surface area (Å²) in [6.45, 7) is 1.93. The third-order valence-corrected chi connectivity index (χ3v) is 5.68. The molecule has 4 aromatic rings. The van der Waals surface area contributed by atoms with Crippen molar-refractivity contribution in [1.82, 2.24) is 4.98 Å². The van der Waals surface area contributed by atoms with Gasteiger partial charge in [-0.15, -0.1) is 11.3 Å². The van der Waals surface area contributed by atoms with Crippen LogP contribution in [-0.4, -0.2) is 22.9 Å². The monoisotopic (exact) mass is 445 g/mol. The largest absolute Gasteiger partial charge is 0.495 e. The van der Waals surface area contributed by atoms with Crippen LogP contribution in [0.2, 0.25) is 0 Å². The number of benzene rings is 3. The normalized spacial score (nSPS) is 10.6. The Labute approximate surface area is 188 Å². The maximum absolute atomic E-state index is 13.6. The highest BCUT2D eigenvalue weighted by Crippen LogP contribution is 2.38. The highest BCUT2D eigenvalue weighted by atomic mass is 32.1. The number of methoxy groups -OCH3 is 1. The number of hydrogen-bond acceptors (Lipinski definition) is 6. The van der Waals surface area contributed by atoms with Crippen LogP contribution in [0.25, 0.3) is 11.3 Å². The first-order valence-electron chi connectivity index (χ1n) is 9.72. The number of amides is 1. The average Bonchev–Trinajstić information content (AvgIpc) is 3.29. The van der Waals surface area contributed by atoms with Gasteiger partial charge in [0.05, 0.1) is 23.4 Å². The number of nitro benzene ring substituents is 1. The minimum Gasteiger partial charge on any atom is -0.495 e. The van der Waals surface area contributed by atoms with Crippen molar-refractivity contribution in [3.63, 3.8) is 0 Å². The first-order valence-corrected chi connectivity index (χ1v) is 10.6. The van der Waals surface area contributed by atoms with Gasteiger partial charge in [-0.2, -0.15) is 0 Å². The van der Waals surface area contributed by atoms with E-state index in [4.69, 9.17) is 4.74 Å². The molecule has 0 N–H and O–H groups in total. The van der Waals surface area contributed by atoms with Gasteiger partial charge in [-0.05, 0) is 43.3 Å². The summed E-state index contributed by atoms with van der Waals surface area (Å²) in [5.41, 5.74) is 3.43. The molecule has 4 rings (SSSR count). The van der Waals surface area contributed by atoms with E-state index in [1.54, 1.807) is 37.4 Å². The maximum atomic E-state index is 13.6. The summed E-state index contributed by atoms with van der Waals surface area (Å²) in [4.78, 5) is 30.3. The van der Waals surface area contributed by atoms with Gasteiger partial charge < -0.3 is 4.74 Å². The Kier molecular flexibility index (Phi) is 5.96. The topological polar surface area (TPSA) is 85.6 Å². The summed E-state index contributed by atoms with van der Waals surface area (Å²) >= 11 is 1.31. The molecule has 1 aromatic heterocycles. The molecule has 0 unspecified atom stereocenters. The van der Waals surface area contributed by atoms with Gasteiger partial charge in [-0.1, -0.05) is 29.8 Å². The number of carbonyl (C=O) groups is 1. The molecule has 3 aromatic carbocycles. The Balaban J connectivity index is 1.79. The van der Waals surface area contributed by atoms with Gasteiger partial charge in [0.2, 0.25) is 0 Å². The fourth-order valence-corrected chi connectivity index (χ4v) is 4.12. The zero-order valence-electron chi connectivity index (χ0n) is 17.4. The number of anilines is 2. The van der Waals surface area contributed by atoms with Crippen molar-refractivity contribution in [2.24, 2.45) is 0 Å². The Morgan fingerprint density at radius 2 is 1.81 bits per heavy atom. The van der Waals surface area contributed by atoms with Crippen LogP contribution in [0.4, 0.5) is 16.5 Å².